The van der Waals surface area contributed by atoms with E-state index in [0.717, 1.165) is 40.9 Å². The number of urea groups is 1. The van der Waals surface area contributed by atoms with E-state index in [4.69, 9.17) is 9.84 Å². The summed E-state index contributed by atoms with van der Waals surface area (Å²) in [6, 6.07) is 9.64. The zero-order valence-corrected chi connectivity index (χ0v) is 18.2. The van der Waals surface area contributed by atoms with Gasteiger partial charge in [-0.25, -0.2) is 9.80 Å². The van der Waals surface area contributed by atoms with E-state index < -0.39 is 0 Å². The summed E-state index contributed by atoms with van der Waals surface area (Å²) in [7, 11) is 0. The lowest BCUT2D eigenvalue weighted by molar-refractivity contribution is -0.136. The molecule has 1 saturated heterocycles. The van der Waals surface area contributed by atoms with Crippen molar-refractivity contribution in [2.24, 2.45) is 11.0 Å². The topological polar surface area (TPSA) is 87.1 Å². The average Bonchev–Trinajstić information content (AvgIpc) is 3.25. The zero-order chi connectivity index (χ0) is 22.1. The second-order valence-electron chi connectivity index (χ2n) is 8.68. The summed E-state index contributed by atoms with van der Waals surface area (Å²) >= 11 is 0. The van der Waals surface area contributed by atoms with Gasteiger partial charge in [-0.05, 0) is 47.7 Å². The molecule has 166 valence electrons. The third kappa shape index (κ3) is 4.10. The number of hydrogen-bond acceptors (Lipinski definition) is 5. The molecule has 8 nitrogen and oxygen atoms in total. The van der Waals surface area contributed by atoms with Crippen molar-refractivity contribution in [3.63, 3.8) is 0 Å². The summed E-state index contributed by atoms with van der Waals surface area (Å²) in [5.41, 5.74) is 4.84. The fourth-order valence-corrected chi connectivity index (χ4v) is 4.57. The summed E-state index contributed by atoms with van der Waals surface area (Å²) < 4.78 is 5.43. The number of ether oxygens (including phenoxy) is 1. The Hall–Kier alpha value is -3.26. The molecule has 1 aromatic carbocycles. The first-order chi connectivity index (χ1) is 15.6. The second-order valence-corrected chi connectivity index (χ2v) is 8.68. The van der Waals surface area contributed by atoms with Gasteiger partial charge in [0, 0.05) is 56.7 Å². The first-order valence-corrected chi connectivity index (χ1v) is 11.1. The van der Waals surface area contributed by atoms with Crippen LogP contribution in [0, 0.1) is 5.92 Å². The molecule has 0 aliphatic carbocycles. The lowest BCUT2D eigenvalue weighted by Gasteiger charge is -2.35. The molecule has 0 spiro atoms. The van der Waals surface area contributed by atoms with Gasteiger partial charge in [-0.15, -0.1) is 0 Å². The minimum atomic E-state index is -0.131. The number of hydrazone groups is 1. The number of pyridine rings is 1. The first-order valence-electron chi connectivity index (χ1n) is 11.1. The summed E-state index contributed by atoms with van der Waals surface area (Å²) in [5.74, 6) is 0.134. The number of nitrogens with zero attached hydrogens (tertiary/aromatic N) is 4. The fraction of sp³-hybridized carbons (Fsp3) is 0.417. The largest absolute Gasteiger partial charge is 0.381 e. The number of carbonyl (C=O) groups excluding carboxylic acids is 2. The number of benzene rings is 1. The Balaban J connectivity index is 1.27. The maximum Gasteiger partial charge on any atom is 0.322 e. The summed E-state index contributed by atoms with van der Waals surface area (Å²) in [5, 5.41) is 9.41. The number of aromatic nitrogens is 1. The number of fused-ring (bicyclic) bond motifs is 1. The van der Waals surface area contributed by atoms with Crippen molar-refractivity contribution < 1.29 is 14.3 Å². The predicted octanol–water partition coefficient (Wildman–Crippen LogP) is 3.38. The Kier molecular flexibility index (Phi) is 5.61. The lowest BCUT2D eigenvalue weighted by atomic mass is 9.93. The number of carbonyl (C=O) groups is 2. The highest BCUT2D eigenvalue weighted by Gasteiger charge is 2.33. The van der Waals surface area contributed by atoms with E-state index in [2.05, 4.69) is 10.3 Å². The molecule has 5 rings (SSSR count). The van der Waals surface area contributed by atoms with E-state index in [1.165, 1.54) is 0 Å². The maximum atomic E-state index is 12.7. The van der Waals surface area contributed by atoms with Crippen molar-refractivity contribution >= 4 is 23.3 Å². The minimum Gasteiger partial charge on any atom is -0.381 e. The fourth-order valence-electron chi connectivity index (χ4n) is 4.57. The van der Waals surface area contributed by atoms with Gasteiger partial charge in [0.25, 0.3) is 0 Å². The summed E-state index contributed by atoms with van der Waals surface area (Å²) in [6.07, 6.45) is 5.66. The highest BCUT2D eigenvalue weighted by atomic mass is 16.5. The molecule has 1 fully saturated rings. The van der Waals surface area contributed by atoms with E-state index >= 15 is 0 Å². The van der Waals surface area contributed by atoms with Gasteiger partial charge in [0.2, 0.25) is 5.91 Å². The van der Waals surface area contributed by atoms with Gasteiger partial charge in [-0.1, -0.05) is 19.1 Å². The molecule has 3 amide bonds. The van der Waals surface area contributed by atoms with Gasteiger partial charge in [0.1, 0.15) is 0 Å². The minimum absolute atomic E-state index is 0.0516. The molecule has 0 saturated carbocycles. The van der Waals surface area contributed by atoms with Crippen LogP contribution in [0.2, 0.25) is 0 Å². The second kappa shape index (κ2) is 8.70. The van der Waals surface area contributed by atoms with Crippen LogP contribution in [-0.2, 0) is 22.6 Å². The molecule has 1 N–H and O–H groups in total. The van der Waals surface area contributed by atoms with Crippen LogP contribution in [0.4, 0.5) is 10.5 Å². The quantitative estimate of drug-likeness (QED) is 0.804. The molecular weight excluding hydrogens is 406 g/mol. The van der Waals surface area contributed by atoms with Crippen molar-refractivity contribution in [1.29, 1.82) is 0 Å². The van der Waals surface area contributed by atoms with Crippen LogP contribution in [0.5, 0.6) is 0 Å². The number of anilines is 1. The Labute approximate surface area is 187 Å². The highest BCUT2D eigenvalue weighted by Crippen LogP contribution is 2.27. The highest BCUT2D eigenvalue weighted by molar-refractivity contribution is 6.06. The van der Waals surface area contributed by atoms with E-state index in [1.54, 1.807) is 16.1 Å². The lowest BCUT2D eigenvalue weighted by Crippen LogP contribution is -2.44. The van der Waals surface area contributed by atoms with Crippen LogP contribution in [0.25, 0.3) is 0 Å². The summed E-state index contributed by atoms with van der Waals surface area (Å²) in [4.78, 5) is 31.2. The van der Waals surface area contributed by atoms with Gasteiger partial charge < -0.3 is 15.0 Å². The number of hydrogen-bond donors (Lipinski definition) is 1. The molecule has 8 heteroatoms. The molecule has 2 aromatic rings. The molecule has 3 aliphatic rings. The maximum absolute atomic E-state index is 12.7. The first kappa shape index (κ1) is 20.6. The Morgan fingerprint density at radius 1 is 1.09 bits per heavy atom. The number of rotatable bonds is 3. The predicted molar refractivity (Wildman–Crippen MR) is 120 cm³/mol. The van der Waals surface area contributed by atoms with Crippen LogP contribution in [0.1, 0.15) is 42.9 Å². The Bertz CT molecular complexity index is 1020. The van der Waals surface area contributed by atoms with Gasteiger partial charge in [0.15, 0.2) is 0 Å². The van der Waals surface area contributed by atoms with Crippen molar-refractivity contribution in [3.8, 4) is 0 Å². The molecule has 1 unspecified atom stereocenters. The molecule has 0 bridgehead atoms. The smallest absolute Gasteiger partial charge is 0.322 e. The normalized spacial score (nSPS) is 21.3. The van der Waals surface area contributed by atoms with Gasteiger partial charge in [-0.2, -0.15) is 5.10 Å². The zero-order valence-electron chi connectivity index (χ0n) is 18.2. The van der Waals surface area contributed by atoms with Crippen LogP contribution in [-0.4, -0.2) is 51.8 Å². The Morgan fingerprint density at radius 2 is 1.84 bits per heavy atom. The van der Waals surface area contributed by atoms with E-state index in [1.807, 2.05) is 43.5 Å². The van der Waals surface area contributed by atoms with Crippen molar-refractivity contribution in [3.05, 3.63) is 59.4 Å². The molecule has 4 heterocycles. The van der Waals surface area contributed by atoms with Gasteiger partial charge in [0.05, 0.1) is 11.8 Å². The SMILES string of the molecule is CC1CC(=O)N(C2CCOCC2)N=C1c1ccc(NC(=O)N2Cc3ccncc3C2)cc1. The molecular formula is C24H27N5O3. The Morgan fingerprint density at radius 3 is 2.59 bits per heavy atom. The average molecular weight is 434 g/mol. The molecule has 1 aromatic heterocycles. The molecule has 0 radical (unpaired) electrons. The standard InChI is InChI=1S/C24H27N5O3/c1-16-12-22(30)29(21-7-10-32-11-8-21)27-23(16)17-2-4-20(5-3-17)26-24(31)28-14-18-6-9-25-13-19(18)15-28/h2-6,9,13,16,21H,7-8,10-12,14-15H2,1H3,(H,26,31). The molecule has 3 aliphatic heterocycles. The van der Waals surface area contributed by atoms with Crippen molar-refractivity contribution in [1.82, 2.24) is 14.9 Å². The molecule has 32 heavy (non-hydrogen) atoms. The van der Waals surface area contributed by atoms with Gasteiger partial charge >= 0.3 is 6.03 Å². The summed E-state index contributed by atoms with van der Waals surface area (Å²) in [6.45, 7) is 4.53. The molecule has 1 atom stereocenters. The van der Waals surface area contributed by atoms with Crippen molar-refractivity contribution in [2.75, 3.05) is 18.5 Å². The van der Waals surface area contributed by atoms with Crippen LogP contribution >= 0.6 is 0 Å². The third-order valence-corrected chi connectivity index (χ3v) is 6.40. The number of nitrogens with one attached hydrogen (secondary N) is 1. The van der Waals surface area contributed by atoms with Crippen LogP contribution < -0.4 is 5.32 Å². The van der Waals surface area contributed by atoms with E-state index in [0.29, 0.717) is 32.7 Å². The van der Waals surface area contributed by atoms with Crippen LogP contribution in [0.15, 0.2) is 47.8 Å². The van der Waals surface area contributed by atoms with E-state index in [9.17, 15) is 9.59 Å². The monoisotopic (exact) mass is 433 g/mol. The van der Waals surface area contributed by atoms with Crippen LogP contribution in [0.3, 0.4) is 0 Å². The third-order valence-electron chi connectivity index (χ3n) is 6.40. The number of amides is 3. The van der Waals surface area contributed by atoms with Crippen molar-refractivity contribution in [2.45, 2.75) is 45.3 Å². The van der Waals surface area contributed by atoms with E-state index in [-0.39, 0.29) is 23.9 Å². The van der Waals surface area contributed by atoms with Gasteiger partial charge in [-0.3, -0.25) is 9.78 Å².